The van der Waals surface area contributed by atoms with Crippen molar-refractivity contribution in [1.29, 1.82) is 4.78 Å². The van der Waals surface area contributed by atoms with Crippen molar-refractivity contribution in [3.05, 3.63) is 47.3 Å². The smallest absolute Gasteiger partial charge is 0.229 e. The van der Waals surface area contributed by atoms with Gasteiger partial charge in [0.25, 0.3) is 0 Å². The van der Waals surface area contributed by atoms with Gasteiger partial charge in [0, 0.05) is 28.1 Å². The Labute approximate surface area is 188 Å². The van der Waals surface area contributed by atoms with Gasteiger partial charge in [0.2, 0.25) is 5.95 Å². The molecule has 2 aromatic heterocycles. The lowest BCUT2D eigenvalue weighted by molar-refractivity contribution is 0.259. The maximum Gasteiger partial charge on any atom is 0.229 e. The number of benzene rings is 1. The molecular weight excluding hydrogens is 430 g/mol. The van der Waals surface area contributed by atoms with Crippen LogP contribution in [0, 0.1) is 10.7 Å². The molecule has 2 heterocycles. The second-order valence-electron chi connectivity index (χ2n) is 7.73. The van der Waals surface area contributed by atoms with Gasteiger partial charge in [-0.2, -0.15) is 16.3 Å². The summed E-state index contributed by atoms with van der Waals surface area (Å²) in [6.07, 6.45) is 2.59. The molecule has 0 saturated carbocycles. The van der Waals surface area contributed by atoms with Gasteiger partial charge in [-0.25, -0.2) is 14.0 Å². The summed E-state index contributed by atoms with van der Waals surface area (Å²) in [6, 6.07) is 8.85. The molecule has 0 aliphatic rings. The lowest BCUT2D eigenvalue weighted by Crippen LogP contribution is -2.26. The number of hydrogen-bond donors (Lipinski definition) is 4. The van der Waals surface area contributed by atoms with Gasteiger partial charge < -0.3 is 15.7 Å². The van der Waals surface area contributed by atoms with Gasteiger partial charge in [-0.3, -0.25) is 0 Å². The molecule has 3 rings (SSSR count). The fraction of sp³-hybridized carbons (Fsp3) is 0.364. The summed E-state index contributed by atoms with van der Waals surface area (Å²) >= 11 is 1.60. The molecule has 9 heteroatoms. The summed E-state index contributed by atoms with van der Waals surface area (Å²) < 4.78 is 20.1. The highest BCUT2D eigenvalue weighted by atomic mass is 32.2. The molecule has 3 aromatic rings. The summed E-state index contributed by atoms with van der Waals surface area (Å²) in [6.45, 7) is 6.00. The van der Waals surface area contributed by atoms with E-state index >= 15 is 0 Å². The van der Waals surface area contributed by atoms with Gasteiger partial charge in [0.05, 0.1) is 22.4 Å². The van der Waals surface area contributed by atoms with E-state index in [9.17, 15) is 9.32 Å². The van der Waals surface area contributed by atoms with Crippen LogP contribution in [0.1, 0.15) is 27.2 Å². The van der Waals surface area contributed by atoms with Crippen molar-refractivity contribution >= 4 is 38.5 Å². The highest BCUT2D eigenvalue weighted by molar-refractivity contribution is 7.92. The zero-order valence-electron chi connectivity index (χ0n) is 18.0. The summed E-state index contributed by atoms with van der Waals surface area (Å²) in [4.78, 5) is 9.64. The van der Waals surface area contributed by atoms with Crippen LogP contribution in [0.3, 0.4) is 0 Å². The lowest BCUT2D eigenvalue weighted by Gasteiger charge is -2.21. The molecule has 0 radical (unpaired) electrons. The number of nitrogens with zero attached hydrogens (tertiary/aromatic N) is 2. The van der Waals surface area contributed by atoms with Gasteiger partial charge in [-0.15, -0.1) is 0 Å². The van der Waals surface area contributed by atoms with E-state index in [4.69, 9.17) is 4.78 Å². The SMILES string of the molecule is CCS(=N)(=O)c1ccc(Nc2ncc(-c3ccsc3)c(NC(CO)CC(C)C)n2)cc1. The van der Waals surface area contributed by atoms with Gasteiger partial charge >= 0.3 is 0 Å². The van der Waals surface area contributed by atoms with Gasteiger partial charge in [-0.05, 0) is 59.0 Å². The van der Waals surface area contributed by atoms with Crippen LogP contribution in [0.25, 0.3) is 11.1 Å². The first kappa shape index (κ1) is 23.2. The molecule has 4 N–H and O–H groups in total. The normalized spacial score (nSPS) is 14.2. The molecule has 1 aromatic carbocycles. The Morgan fingerprint density at radius 3 is 2.55 bits per heavy atom. The second kappa shape index (κ2) is 10.2. The first-order valence-electron chi connectivity index (χ1n) is 10.2. The number of thiophene rings is 1. The third kappa shape index (κ3) is 6.03. The minimum Gasteiger partial charge on any atom is -0.394 e. The minimum absolute atomic E-state index is 0.0132. The molecule has 0 saturated heterocycles. The van der Waals surface area contributed by atoms with Crippen LogP contribution in [0.15, 0.2) is 52.2 Å². The molecule has 31 heavy (non-hydrogen) atoms. The monoisotopic (exact) mass is 459 g/mol. The predicted octanol–water partition coefficient (Wildman–Crippen LogP) is 5.19. The van der Waals surface area contributed by atoms with Crippen LogP contribution >= 0.6 is 11.3 Å². The predicted molar refractivity (Wildman–Crippen MR) is 129 cm³/mol. The minimum atomic E-state index is -2.74. The molecule has 0 amide bonds. The zero-order valence-corrected chi connectivity index (χ0v) is 19.6. The van der Waals surface area contributed by atoms with Gasteiger partial charge in [0.1, 0.15) is 5.82 Å². The van der Waals surface area contributed by atoms with Crippen LogP contribution in [-0.2, 0) is 9.73 Å². The molecule has 0 spiro atoms. The van der Waals surface area contributed by atoms with Crippen LogP contribution in [-0.4, -0.2) is 37.7 Å². The first-order chi connectivity index (χ1) is 14.8. The Kier molecular flexibility index (Phi) is 7.64. The van der Waals surface area contributed by atoms with Crippen LogP contribution in [0.5, 0.6) is 0 Å². The van der Waals surface area contributed by atoms with Crippen molar-refractivity contribution in [1.82, 2.24) is 9.97 Å². The van der Waals surface area contributed by atoms with Gasteiger partial charge in [-0.1, -0.05) is 20.8 Å². The molecular formula is C22H29N5O2S2. The summed E-state index contributed by atoms with van der Waals surface area (Å²) in [5, 5.41) is 20.4. The zero-order chi connectivity index (χ0) is 22.4. The van der Waals surface area contributed by atoms with Crippen LogP contribution in [0.4, 0.5) is 17.5 Å². The Morgan fingerprint density at radius 2 is 1.97 bits per heavy atom. The van der Waals surface area contributed by atoms with Crippen LogP contribution < -0.4 is 10.6 Å². The van der Waals surface area contributed by atoms with Crippen molar-refractivity contribution in [3.8, 4) is 11.1 Å². The third-order valence-corrected chi connectivity index (χ3v) is 7.37. The Morgan fingerprint density at radius 1 is 1.23 bits per heavy atom. The van der Waals surface area contributed by atoms with Crippen molar-refractivity contribution < 1.29 is 9.32 Å². The third-order valence-electron chi connectivity index (χ3n) is 4.84. The highest BCUT2D eigenvalue weighted by Crippen LogP contribution is 2.30. The van der Waals surface area contributed by atoms with Crippen molar-refractivity contribution in [2.24, 2.45) is 5.92 Å². The number of anilines is 3. The molecule has 7 nitrogen and oxygen atoms in total. The highest BCUT2D eigenvalue weighted by Gasteiger charge is 2.16. The maximum atomic E-state index is 12.2. The van der Waals surface area contributed by atoms with E-state index in [2.05, 4.69) is 34.4 Å². The molecule has 166 valence electrons. The number of aliphatic hydroxyl groups excluding tert-OH is 1. The molecule has 2 atom stereocenters. The van der Waals surface area contributed by atoms with E-state index in [0.717, 1.165) is 23.2 Å². The standard InChI is InChI=1S/C22H29N5O2S2/c1-4-31(23,29)19-7-5-17(6-8-19)26-22-24-12-20(16-9-10-30-14-16)21(27-22)25-18(13-28)11-15(2)3/h5-10,12,14-15,18,23,28H,4,11,13H2,1-3H3,(H2,24,25,26,27). The second-order valence-corrected chi connectivity index (χ2v) is 10.9. The van der Waals surface area contributed by atoms with Crippen LogP contribution in [0.2, 0.25) is 0 Å². The number of hydrogen-bond acceptors (Lipinski definition) is 8. The average Bonchev–Trinajstić information content (AvgIpc) is 3.28. The van der Waals surface area contributed by atoms with E-state index in [1.54, 1.807) is 48.7 Å². The number of aliphatic hydroxyl groups is 1. The van der Waals surface area contributed by atoms with E-state index in [0.29, 0.717) is 22.6 Å². The molecule has 0 fully saturated rings. The summed E-state index contributed by atoms with van der Waals surface area (Å²) in [5.74, 6) is 1.79. The fourth-order valence-corrected chi connectivity index (χ4v) is 4.74. The van der Waals surface area contributed by atoms with E-state index in [1.165, 1.54) is 0 Å². The lowest BCUT2D eigenvalue weighted by atomic mass is 10.0. The number of nitrogens with one attached hydrogen (secondary N) is 3. The summed E-state index contributed by atoms with van der Waals surface area (Å²) in [5.41, 5.74) is 2.64. The van der Waals surface area contributed by atoms with E-state index in [-0.39, 0.29) is 18.4 Å². The Balaban J connectivity index is 1.88. The first-order valence-corrected chi connectivity index (χ1v) is 12.9. The fourth-order valence-electron chi connectivity index (χ4n) is 3.18. The molecule has 0 bridgehead atoms. The number of aromatic nitrogens is 2. The Hall–Kier alpha value is -2.49. The Bertz CT molecular complexity index is 1080. The summed E-state index contributed by atoms with van der Waals surface area (Å²) in [7, 11) is -2.74. The van der Waals surface area contributed by atoms with Gasteiger partial charge in [0.15, 0.2) is 0 Å². The molecule has 0 aliphatic heterocycles. The quantitative estimate of drug-likeness (QED) is 0.332. The largest absolute Gasteiger partial charge is 0.394 e. The topological polar surface area (TPSA) is 111 Å². The molecule has 0 aliphatic carbocycles. The molecule has 2 unspecified atom stereocenters. The van der Waals surface area contributed by atoms with Crippen molar-refractivity contribution in [3.63, 3.8) is 0 Å². The maximum absolute atomic E-state index is 12.2. The average molecular weight is 460 g/mol. The van der Waals surface area contributed by atoms with Crippen molar-refractivity contribution in [2.75, 3.05) is 23.0 Å². The van der Waals surface area contributed by atoms with E-state index < -0.39 is 9.73 Å². The van der Waals surface area contributed by atoms with E-state index in [1.807, 2.05) is 16.8 Å². The van der Waals surface area contributed by atoms with Crippen molar-refractivity contribution in [2.45, 2.75) is 38.1 Å². The number of rotatable bonds is 10.